The first-order valence-electron chi connectivity index (χ1n) is 10.3. The summed E-state index contributed by atoms with van der Waals surface area (Å²) in [6.45, 7) is 6.08. The summed E-state index contributed by atoms with van der Waals surface area (Å²) in [6.07, 6.45) is 4.30. The summed E-state index contributed by atoms with van der Waals surface area (Å²) in [5.41, 5.74) is 1.12. The lowest BCUT2D eigenvalue weighted by Gasteiger charge is -2.26. The maximum absolute atomic E-state index is 10.3. The van der Waals surface area contributed by atoms with Gasteiger partial charge in [0.25, 0.3) is 0 Å². The molecule has 28 heavy (non-hydrogen) atoms. The van der Waals surface area contributed by atoms with Gasteiger partial charge in [-0.3, -0.25) is 9.89 Å². The molecule has 1 aliphatic heterocycles. The third-order valence-corrected chi connectivity index (χ3v) is 5.03. The van der Waals surface area contributed by atoms with E-state index in [1.165, 1.54) is 12.8 Å². The molecule has 6 nitrogen and oxygen atoms in total. The lowest BCUT2D eigenvalue weighted by Crippen LogP contribution is -2.43. The molecule has 2 unspecified atom stereocenters. The summed E-state index contributed by atoms with van der Waals surface area (Å²) in [5, 5.41) is 17.0. The number of likely N-dealkylation sites (tertiary alicyclic amines) is 1. The normalized spacial score (nSPS) is 17.4. The summed E-state index contributed by atoms with van der Waals surface area (Å²) < 4.78 is 5.68. The highest BCUT2D eigenvalue weighted by Crippen LogP contribution is 2.24. The highest BCUT2D eigenvalue weighted by atomic mass is 16.3. The van der Waals surface area contributed by atoms with Crippen molar-refractivity contribution in [3.63, 3.8) is 0 Å². The van der Waals surface area contributed by atoms with Crippen molar-refractivity contribution in [2.24, 2.45) is 4.99 Å². The van der Waals surface area contributed by atoms with E-state index in [9.17, 15) is 5.11 Å². The zero-order valence-corrected chi connectivity index (χ0v) is 16.7. The van der Waals surface area contributed by atoms with Crippen LogP contribution < -0.4 is 10.6 Å². The van der Waals surface area contributed by atoms with Crippen molar-refractivity contribution in [3.8, 4) is 0 Å². The Balaban J connectivity index is 1.57. The second kappa shape index (κ2) is 10.9. The molecule has 1 fully saturated rings. The molecule has 0 aliphatic carbocycles. The molecule has 1 aliphatic rings. The van der Waals surface area contributed by atoms with Crippen LogP contribution in [0.3, 0.4) is 0 Å². The number of nitrogens with one attached hydrogen (secondary N) is 2. The molecular formula is C22H32N4O2. The largest absolute Gasteiger partial charge is 0.468 e. The van der Waals surface area contributed by atoms with Crippen LogP contribution in [0.25, 0.3) is 0 Å². The predicted molar refractivity (Wildman–Crippen MR) is 112 cm³/mol. The van der Waals surface area contributed by atoms with Crippen molar-refractivity contribution in [2.45, 2.75) is 38.3 Å². The maximum atomic E-state index is 10.3. The number of aliphatic hydroxyl groups is 1. The van der Waals surface area contributed by atoms with Crippen LogP contribution in [0.4, 0.5) is 0 Å². The van der Waals surface area contributed by atoms with Gasteiger partial charge in [-0.1, -0.05) is 30.3 Å². The smallest absolute Gasteiger partial charge is 0.191 e. The van der Waals surface area contributed by atoms with Gasteiger partial charge in [-0.25, -0.2) is 0 Å². The zero-order chi connectivity index (χ0) is 19.6. The van der Waals surface area contributed by atoms with Gasteiger partial charge < -0.3 is 20.2 Å². The van der Waals surface area contributed by atoms with Gasteiger partial charge in [0.05, 0.1) is 25.0 Å². The number of furan rings is 1. The Morgan fingerprint density at radius 1 is 1.14 bits per heavy atom. The van der Waals surface area contributed by atoms with Crippen LogP contribution in [0, 0.1) is 0 Å². The Morgan fingerprint density at radius 2 is 1.93 bits per heavy atom. The summed E-state index contributed by atoms with van der Waals surface area (Å²) in [6, 6.07) is 14.2. The Morgan fingerprint density at radius 3 is 2.61 bits per heavy atom. The van der Waals surface area contributed by atoms with Crippen LogP contribution in [-0.4, -0.2) is 54.8 Å². The molecule has 2 heterocycles. The molecule has 0 saturated carbocycles. The molecule has 3 rings (SSSR count). The molecule has 1 aromatic heterocycles. The van der Waals surface area contributed by atoms with Gasteiger partial charge in [-0.2, -0.15) is 0 Å². The maximum Gasteiger partial charge on any atom is 0.191 e. The van der Waals surface area contributed by atoms with Crippen molar-refractivity contribution in [2.75, 3.05) is 32.7 Å². The molecule has 1 aromatic carbocycles. The highest BCUT2D eigenvalue weighted by molar-refractivity contribution is 5.79. The van der Waals surface area contributed by atoms with E-state index in [4.69, 9.17) is 4.42 Å². The van der Waals surface area contributed by atoms with Crippen LogP contribution in [0.15, 0.2) is 58.1 Å². The number of aliphatic hydroxyl groups excluding tert-OH is 1. The number of hydrogen-bond acceptors (Lipinski definition) is 4. The van der Waals surface area contributed by atoms with Gasteiger partial charge in [0, 0.05) is 19.5 Å². The molecule has 3 N–H and O–H groups in total. The number of nitrogens with zero attached hydrogens (tertiary/aromatic N) is 2. The van der Waals surface area contributed by atoms with Crippen LogP contribution in [0.2, 0.25) is 0 Å². The minimum Gasteiger partial charge on any atom is -0.468 e. The minimum atomic E-state index is -0.502. The van der Waals surface area contributed by atoms with Gasteiger partial charge in [0.15, 0.2) is 5.96 Å². The molecule has 2 aromatic rings. The molecular weight excluding hydrogens is 352 g/mol. The Bertz CT molecular complexity index is 697. The highest BCUT2D eigenvalue weighted by Gasteiger charge is 2.25. The minimum absolute atomic E-state index is 0.190. The average molecular weight is 385 g/mol. The molecule has 6 heteroatoms. The third kappa shape index (κ3) is 6.11. The second-order valence-corrected chi connectivity index (χ2v) is 7.22. The number of hydrogen-bond donors (Lipinski definition) is 3. The molecule has 2 atom stereocenters. The summed E-state index contributed by atoms with van der Waals surface area (Å²) in [4.78, 5) is 7.04. The topological polar surface area (TPSA) is 73.0 Å². The van der Waals surface area contributed by atoms with Gasteiger partial charge in [0.2, 0.25) is 0 Å². The van der Waals surface area contributed by atoms with E-state index in [0.29, 0.717) is 19.5 Å². The molecule has 0 bridgehead atoms. The fourth-order valence-electron chi connectivity index (χ4n) is 3.63. The molecule has 0 amide bonds. The summed E-state index contributed by atoms with van der Waals surface area (Å²) >= 11 is 0. The first-order valence-corrected chi connectivity index (χ1v) is 10.3. The van der Waals surface area contributed by atoms with Crippen molar-refractivity contribution < 1.29 is 9.52 Å². The summed E-state index contributed by atoms with van der Waals surface area (Å²) in [5.74, 6) is 1.71. The fourth-order valence-corrected chi connectivity index (χ4v) is 3.63. The fraction of sp³-hybridized carbons (Fsp3) is 0.500. The predicted octanol–water partition coefficient (Wildman–Crippen LogP) is 2.58. The average Bonchev–Trinajstić information content (AvgIpc) is 3.42. The molecule has 0 radical (unpaired) electrons. The molecule has 1 saturated heterocycles. The lowest BCUT2D eigenvalue weighted by atomic mass is 10.1. The monoisotopic (exact) mass is 384 g/mol. The standard InChI is InChI=1S/C22H32N4O2/c1-2-23-22(24-16-19(27)15-18-9-4-3-5-10-18)25-17-20(21-11-8-14-28-21)26-12-6-7-13-26/h3-5,8-11,14,19-20,27H,2,6-7,12-13,15-17H2,1H3,(H2,23,24,25). The second-order valence-electron chi connectivity index (χ2n) is 7.22. The van der Waals surface area contributed by atoms with Crippen molar-refractivity contribution in [3.05, 3.63) is 60.1 Å². The van der Waals surface area contributed by atoms with E-state index in [-0.39, 0.29) is 6.04 Å². The molecule has 152 valence electrons. The molecule has 0 spiro atoms. The van der Waals surface area contributed by atoms with Crippen molar-refractivity contribution >= 4 is 5.96 Å². The lowest BCUT2D eigenvalue weighted by molar-refractivity contribution is 0.183. The van der Waals surface area contributed by atoms with Gasteiger partial charge >= 0.3 is 0 Å². The van der Waals surface area contributed by atoms with Crippen molar-refractivity contribution in [1.29, 1.82) is 0 Å². The first-order chi connectivity index (χ1) is 13.8. The van der Waals surface area contributed by atoms with E-state index in [2.05, 4.69) is 20.5 Å². The van der Waals surface area contributed by atoms with E-state index in [0.717, 1.165) is 36.9 Å². The zero-order valence-electron chi connectivity index (χ0n) is 16.7. The van der Waals surface area contributed by atoms with Gasteiger partial charge in [-0.15, -0.1) is 0 Å². The Labute approximate surface area is 167 Å². The van der Waals surface area contributed by atoms with Crippen molar-refractivity contribution in [1.82, 2.24) is 15.5 Å². The van der Waals surface area contributed by atoms with E-state index < -0.39 is 6.10 Å². The van der Waals surface area contributed by atoms with E-state index >= 15 is 0 Å². The summed E-state index contributed by atoms with van der Waals surface area (Å²) in [7, 11) is 0. The number of benzene rings is 1. The first kappa shape index (κ1) is 20.4. The van der Waals surface area contributed by atoms with E-state index in [1.807, 2.05) is 49.4 Å². The van der Waals surface area contributed by atoms with Crippen LogP contribution in [-0.2, 0) is 6.42 Å². The SMILES string of the molecule is CCNC(=NCC(O)Cc1ccccc1)NCC(c1ccco1)N1CCCC1. The van der Waals surface area contributed by atoms with Gasteiger partial charge in [0.1, 0.15) is 5.76 Å². The van der Waals surface area contributed by atoms with Crippen LogP contribution in [0.5, 0.6) is 0 Å². The van der Waals surface area contributed by atoms with E-state index in [1.54, 1.807) is 6.26 Å². The third-order valence-electron chi connectivity index (χ3n) is 5.03. The van der Waals surface area contributed by atoms with Crippen LogP contribution >= 0.6 is 0 Å². The quantitative estimate of drug-likeness (QED) is 0.458. The Kier molecular flexibility index (Phi) is 7.94. The number of aliphatic imine (C=N–C) groups is 1. The number of guanidine groups is 1. The number of rotatable bonds is 9. The Hall–Kier alpha value is -2.31. The van der Waals surface area contributed by atoms with Gasteiger partial charge in [-0.05, 0) is 50.6 Å². The van der Waals surface area contributed by atoms with Crippen LogP contribution in [0.1, 0.15) is 37.1 Å².